The molecule has 0 fully saturated rings. The molecule has 0 saturated carbocycles. The van der Waals surface area contributed by atoms with Gasteiger partial charge in [0.25, 0.3) is 5.91 Å². The molecule has 3 aromatic rings. The minimum absolute atomic E-state index is 0.0271. The molecule has 1 atom stereocenters. The lowest BCUT2D eigenvalue weighted by molar-refractivity contribution is 0.0953. The molecule has 4 nitrogen and oxygen atoms in total. The van der Waals surface area contributed by atoms with Crippen molar-refractivity contribution < 1.29 is 17.6 Å². The second-order valence-corrected chi connectivity index (χ2v) is 11.6. The van der Waals surface area contributed by atoms with Gasteiger partial charge in [0.1, 0.15) is 11.1 Å². The third kappa shape index (κ3) is 5.22. The molecule has 0 aliphatic rings. The van der Waals surface area contributed by atoms with Gasteiger partial charge >= 0.3 is 0 Å². The quantitative estimate of drug-likeness (QED) is 0.500. The van der Waals surface area contributed by atoms with Crippen molar-refractivity contribution >= 4 is 27.1 Å². The number of aryl methyl sites for hydroxylation is 1. The number of benzene rings is 2. The van der Waals surface area contributed by atoms with Crippen LogP contribution in [0, 0.1) is 12.7 Å². The first-order chi connectivity index (χ1) is 14.5. The molecule has 0 radical (unpaired) electrons. The van der Waals surface area contributed by atoms with Gasteiger partial charge in [-0.15, -0.1) is 11.3 Å². The van der Waals surface area contributed by atoms with Gasteiger partial charge in [0.05, 0.1) is 4.90 Å². The fraction of sp³-hybridized carbons (Fsp3) is 0.292. The number of hydrogen-bond acceptors (Lipinski definition) is 4. The van der Waals surface area contributed by atoms with Crippen molar-refractivity contribution in [2.75, 3.05) is 6.54 Å². The Balaban J connectivity index is 1.84. The summed E-state index contributed by atoms with van der Waals surface area (Å²) in [5.74, 6) is -0.800. The molecule has 1 aromatic heterocycles. The van der Waals surface area contributed by atoms with Crippen LogP contribution in [0.1, 0.15) is 52.4 Å². The van der Waals surface area contributed by atoms with Crippen molar-refractivity contribution in [3.8, 4) is 0 Å². The van der Waals surface area contributed by atoms with Gasteiger partial charge in [-0.2, -0.15) is 0 Å². The van der Waals surface area contributed by atoms with Gasteiger partial charge in [-0.25, -0.2) is 12.8 Å². The van der Waals surface area contributed by atoms with Crippen molar-refractivity contribution in [1.82, 2.24) is 5.32 Å². The molecular weight excluding hydrogens is 433 g/mol. The van der Waals surface area contributed by atoms with Crippen LogP contribution >= 0.6 is 11.3 Å². The van der Waals surface area contributed by atoms with Gasteiger partial charge < -0.3 is 5.32 Å². The van der Waals surface area contributed by atoms with E-state index >= 15 is 0 Å². The zero-order chi connectivity index (χ0) is 22.8. The molecule has 1 amide bonds. The fourth-order valence-electron chi connectivity index (χ4n) is 3.21. The molecule has 0 aliphatic heterocycles. The predicted molar refractivity (Wildman–Crippen MR) is 123 cm³/mol. The molecule has 2 aromatic carbocycles. The maximum Gasteiger partial charge on any atom is 0.251 e. The van der Waals surface area contributed by atoms with Crippen LogP contribution in [0.5, 0.6) is 0 Å². The summed E-state index contributed by atoms with van der Waals surface area (Å²) in [4.78, 5) is 13.3. The highest BCUT2D eigenvalue weighted by Crippen LogP contribution is 2.32. The van der Waals surface area contributed by atoms with Crippen LogP contribution in [0.25, 0.3) is 0 Å². The monoisotopic (exact) mass is 459 g/mol. The summed E-state index contributed by atoms with van der Waals surface area (Å²) in [6, 6.07) is 14.6. The van der Waals surface area contributed by atoms with Gasteiger partial charge in [-0.1, -0.05) is 39.0 Å². The molecule has 0 bridgehead atoms. The van der Waals surface area contributed by atoms with E-state index in [0.717, 1.165) is 11.6 Å². The number of thiophene rings is 1. The lowest BCUT2D eigenvalue weighted by Gasteiger charge is -2.20. The normalized spacial score (nSPS) is 13.1. The van der Waals surface area contributed by atoms with E-state index < -0.39 is 20.9 Å². The first kappa shape index (κ1) is 23.2. The van der Waals surface area contributed by atoms with E-state index in [9.17, 15) is 17.6 Å². The Kier molecular flexibility index (Phi) is 6.67. The second kappa shape index (κ2) is 8.93. The van der Waals surface area contributed by atoms with E-state index in [0.29, 0.717) is 10.4 Å². The molecule has 7 heteroatoms. The number of halogens is 1. The van der Waals surface area contributed by atoms with Crippen LogP contribution in [0.3, 0.4) is 0 Å². The van der Waals surface area contributed by atoms with Crippen LogP contribution in [-0.4, -0.2) is 20.9 Å². The number of carbonyl (C=O) groups excluding carboxylic acids is 1. The molecule has 1 heterocycles. The second-order valence-electron chi connectivity index (χ2n) is 8.50. The standard InChI is InChI=1S/C24H26FNO3S2/c1-16-14-19(11-12-20(16)25)31(28,29)22(21-6-5-13-30-21)15-26-23(27)17-7-9-18(10-8-17)24(2,3)4/h5-14,22H,15H2,1-4H3,(H,26,27)/t22-/m1/s1. The summed E-state index contributed by atoms with van der Waals surface area (Å²) in [7, 11) is -3.84. The van der Waals surface area contributed by atoms with E-state index in [1.165, 1.54) is 30.4 Å². The Bertz CT molecular complexity index is 1160. The third-order valence-electron chi connectivity index (χ3n) is 5.15. The van der Waals surface area contributed by atoms with E-state index in [4.69, 9.17) is 0 Å². The van der Waals surface area contributed by atoms with Crippen molar-refractivity contribution in [2.45, 2.75) is 43.3 Å². The summed E-state index contributed by atoms with van der Waals surface area (Å²) < 4.78 is 40.3. The molecule has 0 spiro atoms. The van der Waals surface area contributed by atoms with Crippen molar-refractivity contribution in [2.24, 2.45) is 0 Å². The first-order valence-electron chi connectivity index (χ1n) is 9.92. The molecule has 0 unspecified atom stereocenters. The van der Waals surface area contributed by atoms with Crippen LogP contribution in [0.2, 0.25) is 0 Å². The summed E-state index contributed by atoms with van der Waals surface area (Å²) in [5.41, 5.74) is 1.80. The molecule has 0 aliphatic carbocycles. The third-order valence-corrected chi connectivity index (χ3v) is 8.37. The molecule has 164 valence electrons. The van der Waals surface area contributed by atoms with E-state index in [1.807, 2.05) is 12.1 Å². The van der Waals surface area contributed by atoms with Crippen LogP contribution in [-0.2, 0) is 15.3 Å². The highest BCUT2D eigenvalue weighted by atomic mass is 32.2. The highest BCUT2D eigenvalue weighted by molar-refractivity contribution is 7.91. The van der Waals surface area contributed by atoms with Gasteiger partial charge in [-0.05, 0) is 65.2 Å². The van der Waals surface area contributed by atoms with Gasteiger partial charge in [0.15, 0.2) is 9.84 Å². The smallest absolute Gasteiger partial charge is 0.251 e. The molecule has 31 heavy (non-hydrogen) atoms. The van der Waals surface area contributed by atoms with Crippen LogP contribution in [0.4, 0.5) is 4.39 Å². The number of nitrogens with one attached hydrogen (secondary N) is 1. The summed E-state index contributed by atoms with van der Waals surface area (Å²) in [6.07, 6.45) is 0. The average molecular weight is 460 g/mol. The van der Waals surface area contributed by atoms with E-state index in [1.54, 1.807) is 29.6 Å². The molecule has 1 N–H and O–H groups in total. The van der Waals surface area contributed by atoms with Crippen molar-refractivity contribution in [3.63, 3.8) is 0 Å². The number of carbonyl (C=O) groups is 1. The minimum Gasteiger partial charge on any atom is -0.350 e. The lowest BCUT2D eigenvalue weighted by atomic mass is 9.87. The Morgan fingerprint density at radius 3 is 2.32 bits per heavy atom. The Hall–Kier alpha value is -2.51. The maximum atomic E-state index is 13.7. The van der Waals surface area contributed by atoms with E-state index in [2.05, 4.69) is 26.1 Å². The summed E-state index contributed by atoms with van der Waals surface area (Å²) in [6.45, 7) is 7.72. The zero-order valence-electron chi connectivity index (χ0n) is 18.0. The van der Waals surface area contributed by atoms with Crippen LogP contribution < -0.4 is 5.32 Å². The Morgan fingerprint density at radius 1 is 1.10 bits per heavy atom. The summed E-state index contributed by atoms with van der Waals surface area (Å²) >= 11 is 1.31. The lowest BCUT2D eigenvalue weighted by Crippen LogP contribution is -2.31. The number of hydrogen-bond donors (Lipinski definition) is 1. The molecular formula is C24H26FNO3S2. The van der Waals surface area contributed by atoms with Gasteiger partial charge in [0.2, 0.25) is 0 Å². The van der Waals surface area contributed by atoms with Crippen LogP contribution in [0.15, 0.2) is 64.9 Å². The number of rotatable bonds is 6. The number of sulfone groups is 1. The van der Waals surface area contributed by atoms with Gasteiger partial charge in [-0.3, -0.25) is 4.79 Å². The SMILES string of the molecule is Cc1cc(S(=O)(=O)[C@H](CNC(=O)c2ccc(C(C)(C)C)cc2)c2cccs2)ccc1F. The van der Waals surface area contributed by atoms with E-state index in [-0.39, 0.29) is 28.3 Å². The fourth-order valence-corrected chi connectivity index (χ4v) is 6.07. The Morgan fingerprint density at radius 2 is 1.77 bits per heavy atom. The number of amides is 1. The Labute approximate surface area is 187 Å². The first-order valence-corrected chi connectivity index (χ1v) is 12.3. The van der Waals surface area contributed by atoms with Gasteiger partial charge in [0, 0.05) is 17.0 Å². The minimum atomic E-state index is -3.84. The zero-order valence-corrected chi connectivity index (χ0v) is 19.6. The summed E-state index contributed by atoms with van der Waals surface area (Å²) in [5, 5.41) is 3.59. The molecule has 0 saturated heterocycles. The highest BCUT2D eigenvalue weighted by Gasteiger charge is 2.31. The predicted octanol–water partition coefficient (Wildman–Crippen LogP) is 5.44. The molecule has 3 rings (SSSR count). The maximum absolute atomic E-state index is 13.7. The topological polar surface area (TPSA) is 63.2 Å². The largest absolute Gasteiger partial charge is 0.350 e. The average Bonchev–Trinajstić information content (AvgIpc) is 3.23. The van der Waals surface area contributed by atoms with Crippen molar-refractivity contribution in [3.05, 3.63) is 87.4 Å². The van der Waals surface area contributed by atoms with Crippen molar-refractivity contribution in [1.29, 1.82) is 0 Å².